The van der Waals surface area contributed by atoms with Crippen LogP contribution in [0, 0.1) is 24.2 Å². The largest absolute Gasteiger partial charge is 0.549 e. The predicted molar refractivity (Wildman–Crippen MR) is 43.5 cm³/mol. The second-order valence-electron chi connectivity index (χ2n) is 2.48. The first-order chi connectivity index (χ1) is 6.07. The van der Waals surface area contributed by atoms with Gasteiger partial charge in [0.1, 0.15) is 6.04 Å². The Morgan fingerprint density at radius 3 is 2.69 bits per heavy atom. The predicted octanol–water partition coefficient (Wildman–Crippen LogP) is -2.88. The molecule has 0 aromatic heterocycles. The van der Waals surface area contributed by atoms with Crippen molar-refractivity contribution in [2.75, 3.05) is 0 Å². The van der Waals surface area contributed by atoms with Crippen molar-refractivity contribution in [2.24, 2.45) is 0 Å². The van der Waals surface area contributed by atoms with Crippen LogP contribution in [0.1, 0.15) is 12.8 Å². The highest BCUT2D eigenvalue weighted by Crippen LogP contribution is 1.90. The molecule has 2 atom stereocenters. The Kier molecular flexibility index (Phi) is 5.38. The van der Waals surface area contributed by atoms with Crippen LogP contribution in [0.15, 0.2) is 0 Å². The third-order valence-corrected chi connectivity index (χ3v) is 1.34. The molecule has 0 fully saturated rings. The van der Waals surface area contributed by atoms with Crippen LogP contribution < -0.4 is 10.8 Å². The Bertz CT molecular complexity index is 269. The van der Waals surface area contributed by atoms with E-state index in [1.165, 1.54) is 0 Å². The molecule has 0 rings (SSSR count). The molecule has 0 spiro atoms. The summed E-state index contributed by atoms with van der Waals surface area (Å²) in [6.45, 7) is 0. The van der Waals surface area contributed by atoms with Gasteiger partial charge < -0.3 is 20.7 Å². The Morgan fingerprint density at radius 2 is 2.23 bits per heavy atom. The molecule has 0 aromatic carbocycles. The number of aliphatic carboxylic acids is 1. The van der Waals surface area contributed by atoms with Crippen molar-refractivity contribution in [1.82, 2.24) is 0 Å². The summed E-state index contributed by atoms with van der Waals surface area (Å²) >= 11 is 0. The first-order valence-corrected chi connectivity index (χ1v) is 3.70. The summed E-state index contributed by atoms with van der Waals surface area (Å²) < 4.78 is 0. The number of carbonyl (C=O) groups excluding carboxylic acids is 1. The summed E-state index contributed by atoms with van der Waals surface area (Å²) in [5, 5.41) is 19.0. The van der Waals surface area contributed by atoms with Crippen molar-refractivity contribution < 1.29 is 20.7 Å². The van der Waals surface area contributed by atoms with E-state index in [9.17, 15) is 9.90 Å². The van der Waals surface area contributed by atoms with Crippen LogP contribution in [-0.2, 0) is 4.79 Å². The minimum absolute atomic E-state index is 0.276. The van der Waals surface area contributed by atoms with E-state index >= 15 is 0 Å². The Balaban J connectivity index is 3.80. The van der Waals surface area contributed by atoms with Gasteiger partial charge in [0.25, 0.3) is 0 Å². The molecular weight excluding hydrogens is 170 g/mol. The lowest BCUT2D eigenvalue weighted by atomic mass is 10.1. The summed E-state index contributed by atoms with van der Waals surface area (Å²) in [4.78, 5) is 9.92. The molecule has 0 aromatic rings. The number of carboxylic acids is 1. The monoisotopic (exact) mass is 181 g/mol. The Hall–Kier alpha value is -1.49. The van der Waals surface area contributed by atoms with Crippen LogP contribution in [0.4, 0.5) is 0 Å². The fourth-order valence-corrected chi connectivity index (χ4v) is 0.586. The quantitative estimate of drug-likeness (QED) is 0.458. The molecule has 0 aliphatic carbocycles. The number of carbonyl (C=O) groups is 1. The fraction of sp³-hybridized carbons (Fsp3) is 0.444. The topological polar surface area (TPSA) is 88.0 Å². The smallest absolute Gasteiger partial charge is 0.166 e. The third-order valence-electron chi connectivity index (χ3n) is 1.34. The number of aliphatic hydroxyl groups is 1. The second-order valence-corrected chi connectivity index (χ2v) is 2.48. The van der Waals surface area contributed by atoms with Crippen molar-refractivity contribution in [2.45, 2.75) is 25.0 Å². The average molecular weight is 181 g/mol. The zero-order chi connectivity index (χ0) is 10.3. The standard InChI is InChI=1S/C9H11NO3/c1-2-8(11)7(10)5-3-4-6-9(12)13/h1,7-8,11H,5-6,10H2,(H,12,13). The molecule has 4 nitrogen and oxygen atoms in total. The van der Waals surface area contributed by atoms with Gasteiger partial charge in [-0.1, -0.05) is 17.8 Å². The van der Waals surface area contributed by atoms with Gasteiger partial charge in [-0.3, -0.25) is 0 Å². The van der Waals surface area contributed by atoms with E-state index in [-0.39, 0.29) is 18.9 Å². The van der Waals surface area contributed by atoms with Crippen LogP contribution in [0.25, 0.3) is 0 Å². The normalized spacial score (nSPS) is 13.3. The van der Waals surface area contributed by atoms with Gasteiger partial charge in [0.15, 0.2) is 6.10 Å². The molecule has 0 aliphatic heterocycles. The van der Waals surface area contributed by atoms with Crippen molar-refractivity contribution in [3.8, 4) is 24.2 Å². The number of hydrogen-bond acceptors (Lipinski definition) is 3. The Labute approximate surface area is 76.7 Å². The van der Waals surface area contributed by atoms with Crippen LogP contribution in [0.2, 0.25) is 0 Å². The Morgan fingerprint density at radius 1 is 1.62 bits per heavy atom. The van der Waals surface area contributed by atoms with Gasteiger partial charge in [-0.15, -0.1) is 6.42 Å². The number of hydrogen-bond donors (Lipinski definition) is 2. The van der Waals surface area contributed by atoms with E-state index < -0.39 is 12.1 Å². The number of terminal acetylenes is 1. The van der Waals surface area contributed by atoms with Crippen LogP contribution in [0.3, 0.4) is 0 Å². The molecule has 0 heterocycles. The maximum atomic E-state index is 9.92. The maximum Gasteiger partial charge on any atom is 0.166 e. The third kappa shape index (κ3) is 5.75. The minimum atomic E-state index is -1.22. The van der Waals surface area contributed by atoms with Gasteiger partial charge >= 0.3 is 0 Å². The SMILES string of the molecule is C#CC(O)C([NH3+])CC#CCC(=O)[O-]. The minimum Gasteiger partial charge on any atom is -0.549 e. The van der Waals surface area contributed by atoms with E-state index in [0.717, 1.165) is 0 Å². The highest BCUT2D eigenvalue weighted by atomic mass is 16.4. The molecule has 0 amide bonds. The van der Waals surface area contributed by atoms with Gasteiger partial charge in [0, 0.05) is 6.42 Å². The zero-order valence-corrected chi connectivity index (χ0v) is 7.12. The fourth-order valence-electron chi connectivity index (χ4n) is 0.586. The summed E-state index contributed by atoms with van der Waals surface area (Å²) in [6.07, 6.45) is 3.97. The number of quaternary nitrogens is 1. The molecule has 13 heavy (non-hydrogen) atoms. The second kappa shape index (κ2) is 6.07. The molecule has 70 valence electrons. The van der Waals surface area contributed by atoms with E-state index in [0.29, 0.717) is 0 Å². The maximum absolute atomic E-state index is 9.92. The average Bonchev–Trinajstić information content (AvgIpc) is 2.10. The lowest BCUT2D eigenvalue weighted by molar-refractivity contribution is -0.430. The summed E-state index contributed by atoms with van der Waals surface area (Å²) in [5.74, 6) is 5.80. The van der Waals surface area contributed by atoms with Crippen molar-refractivity contribution in [3.63, 3.8) is 0 Å². The molecule has 0 aliphatic rings. The van der Waals surface area contributed by atoms with E-state index in [4.69, 9.17) is 11.5 Å². The van der Waals surface area contributed by atoms with Crippen LogP contribution >= 0.6 is 0 Å². The van der Waals surface area contributed by atoms with Crippen LogP contribution in [0.5, 0.6) is 0 Å². The van der Waals surface area contributed by atoms with Crippen LogP contribution in [-0.4, -0.2) is 23.2 Å². The van der Waals surface area contributed by atoms with Gasteiger partial charge in [-0.2, -0.15) is 0 Å². The zero-order valence-electron chi connectivity index (χ0n) is 7.12. The van der Waals surface area contributed by atoms with Gasteiger partial charge in [0.2, 0.25) is 0 Å². The van der Waals surface area contributed by atoms with E-state index in [1.54, 1.807) is 0 Å². The molecule has 0 saturated heterocycles. The molecule has 0 saturated carbocycles. The summed E-state index contributed by atoms with van der Waals surface area (Å²) in [6, 6.07) is -0.390. The summed E-state index contributed by atoms with van der Waals surface area (Å²) in [7, 11) is 0. The van der Waals surface area contributed by atoms with Crippen molar-refractivity contribution in [3.05, 3.63) is 0 Å². The number of rotatable bonds is 3. The lowest BCUT2D eigenvalue weighted by Gasteiger charge is -2.05. The highest BCUT2D eigenvalue weighted by molar-refractivity contribution is 5.67. The molecular formula is C9H11NO3. The molecule has 0 bridgehead atoms. The van der Waals surface area contributed by atoms with Gasteiger partial charge in [0.05, 0.1) is 12.4 Å². The van der Waals surface area contributed by atoms with Gasteiger partial charge in [-0.25, -0.2) is 0 Å². The molecule has 4 N–H and O–H groups in total. The molecule has 0 radical (unpaired) electrons. The van der Waals surface area contributed by atoms with Crippen molar-refractivity contribution >= 4 is 5.97 Å². The first-order valence-electron chi connectivity index (χ1n) is 3.70. The highest BCUT2D eigenvalue weighted by Gasteiger charge is 2.12. The lowest BCUT2D eigenvalue weighted by Crippen LogP contribution is -2.65. The molecule has 2 unspecified atom stereocenters. The number of carboxylic acid groups (broad SMARTS) is 1. The first kappa shape index (κ1) is 11.5. The van der Waals surface area contributed by atoms with Gasteiger partial charge in [-0.05, 0) is 0 Å². The van der Waals surface area contributed by atoms with E-state index in [2.05, 4.69) is 23.5 Å². The van der Waals surface area contributed by atoms with E-state index in [1.807, 2.05) is 0 Å². The molecule has 4 heteroatoms. The number of aliphatic hydroxyl groups excluding tert-OH is 1. The van der Waals surface area contributed by atoms with Crippen molar-refractivity contribution in [1.29, 1.82) is 0 Å². The summed E-state index contributed by atoms with van der Waals surface area (Å²) in [5.41, 5.74) is 3.57.